The van der Waals surface area contributed by atoms with Crippen LogP contribution in [-0.4, -0.2) is 34.3 Å². The zero-order valence-corrected chi connectivity index (χ0v) is 17.5. The Hall–Kier alpha value is -0.510. The molecule has 1 aliphatic heterocycles. The largest absolute Gasteiger partial charge is 0.283 e. The standard InChI is InChI=1S/C22H39NO2S/c24-21-16-10-11-17-22(25)23(21)18-12-5-3-1-2-4-6-13-19-26-20-14-8-7-9-15-20/h20H,1-19H2. The molecule has 0 spiro atoms. The van der Waals surface area contributed by atoms with Crippen molar-refractivity contribution in [1.29, 1.82) is 0 Å². The number of unbranched alkanes of at least 4 members (excludes halogenated alkanes) is 7. The molecule has 2 amide bonds. The van der Waals surface area contributed by atoms with Gasteiger partial charge in [0.2, 0.25) is 11.8 Å². The summed E-state index contributed by atoms with van der Waals surface area (Å²) in [7, 11) is 0. The molecule has 26 heavy (non-hydrogen) atoms. The lowest BCUT2D eigenvalue weighted by Gasteiger charge is -2.20. The number of hydrogen-bond acceptors (Lipinski definition) is 3. The molecule has 0 radical (unpaired) electrons. The van der Waals surface area contributed by atoms with Gasteiger partial charge in [0, 0.05) is 24.6 Å². The van der Waals surface area contributed by atoms with Crippen molar-refractivity contribution in [1.82, 2.24) is 4.90 Å². The third-order valence-corrected chi connectivity index (χ3v) is 7.28. The van der Waals surface area contributed by atoms with Gasteiger partial charge in [-0.3, -0.25) is 14.5 Å². The summed E-state index contributed by atoms with van der Waals surface area (Å²) >= 11 is 2.23. The van der Waals surface area contributed by atoms with E-state index in [9.17, 15) is 9.59 Å². The van der Waals surface area contributed by atoms with Gasteiger partial charge in [-0.1, -0.05) is 57.8 Å². The van der Waals surface area contributed by atoms with Crippen molar-refractivity contribution < 1.29 is 9.59 Å². The van der Waals surface area contributed by atoms with Crippen molar-refractivity contribution in [2.75, 3.05) is 12.3 Å². The Morgan fingerprint density at radius 2 is 1.23 bits per heavy atom. The average Bonchev–Trinajstić information content (AvgIpc) is 2.81. The SMILES string of the molecule is O=C1CCCCC(=O)N1CCCCCCCCCCSC1CCCCC1. The third kappa shape index (κ3) is 8.92. The summed E-state index contributed by atoms with van der Waals surface area (Å²) in [6.07, 6.45) is 20.3. The Kier molecular flexibility index (Phi) is 11.4. The number of hydrogen-bond donors (Lipinski definition) is 0. The van der Waals surface area contributed by atoms with Crippen LogP contribution in [0.5, 0.6) is 0 Å². The van der Waals surface area contributed by atoms with Crippen molar-refractivity contribution in [3.8, 4) is 0 Å². The van der Waals surface area contributed by atoms with E-state index in [0.29, 0.717) is 19.4 Å². The molecule has 1 saturated heterocycles. The normalized spacial score (nSPS) is 19.8. The summed E-state index contributed by atoms with van der Waals surface area (Å²) in [5, 5.41) is 0.965. The Balaban J connectivity index is 1.36. The van der Waals surface area contributed by atoms with Crippen molar-refractivity contribution >= 4 is 23.6 Å². The Labute approximate surface area is 165 Å². The number of likely N-dealkylation sites (tertiary alicyclic amines) is 1. The minimum Gasteiger partial charge on any atom is -0.283 e. The topological polar surface area (TPSA) is 37.4 Å². The highest BCUT2D eigenvalue weighted by Crippen LogP contribution is 2.28. The van der Waals surface area contributed by atoms with Gasteiger partial charge in [0.1, 0.15) is 0 Å². The average molecular weight is 382 g/mol. The number of carbonyl (C=O) groups is 2. The molecule has 1 saturated carbocycles. The molecule has 0 N–H and O–H groups in total. The van der Waals surface area contributed by atoms with Crippen molar-refractivity contribution in [2.24, 2.45) is 0 Å². The van der Waals surface area contributed by atoms with Crippen LogP contribution in [-0.2, 0) is 9.59 Å². The van der Waals surface area contributed by atoms with Gasteiger partial charge in [0.25, 0.3) is 0 Å². The summed E-state index contributed by atoms with van der Waals surface area (Å²) in [5.74, 6) is 1.47. The van der Waals surface area contributed by atoms with E-state index in [2.05, 4.69) is 11.8 Å². The number of amides is 2. The molecule has 2 fully saturated rings. The van der Waals surface area contributed by atoms with E-state index >= 15 is 0 Å². The Morgan fingerprint density at radius 1 is 0.692 bits per heavy atom. The first kappa shape index (κ1) is 21.8. The van der Waals surface area contributed by atoms with Crippen LogP contribution in [0.2, 0.25) is 0 Å². The molecular formula is C22H39NO2S. The Bertz CT molecular complexity index is 389. The number of thioether (sulfide) groups is 1. The second-order valence-electron chi connectivity index (χ2n) is 8.11. The predicted octanol–water partition coefficient (Wildman–Crippen LogP) is 6.10. The van der Waals surface area contributed by atoms with Gasteiger partial charge in [-0.15, -0.1) is 0 Å². The molecule has 0 atom stereocenters. The minimum atomic E-state index is 0.0543. The highest BCUT2D eigenvalue weighted by Gasteiger charge is 2.23. The highest BCUT2D eigenvalue weighted by molar-refractivity contribution is 7.99. The molecule has 2 aliphatic rings. The lowest BCUT2D eigenvalue weighted by Crippen LogP contribution is -2.35. The Morgan fingerprint density at radius 3 is 1.85 bits per heavy atom. The molecular weight excluding hydrogens is 342 g/mol. The second-order valence-corrected chi connectivity index (χ2v) is 9.51. The number of imide groups is 1. The van der Waals surface area contributed by atoms with E-state index in [1.165, 1.54) is 81.3 Å². The van der Waals surface area contributed by atoms with Crippen molar-refractivity contribution in [3.05, 3.63) is 0 Å². The maximum absolute atomic E-state index is 11.9. The van der Waals surface area contributed by atoms with Crippen LogP contribution < -0.4 is 0 Å². The van der Waals surface area contributed by atoms with Crippen LogP contribution in [0.15, 0.2) is 0 Å². The monoisotopic (exact) mass is 381 g/mol. The zero-order valence-electron chi connectivity index (χ0n) is 16.7. The van der Waals surface area contributed by atoms with Crippen molar-refractivity contribution in [3.63, 3.8) is 0 Å². The van der Waals surface area contributed by atoms with Gasteiger partial charge < -0.3 is 0 Å². The molecule has 0 aromatic carbocycles. The molecule has 0 bridgehead atoms. The number of nitrogens with zero attached hydrogens (tertiary/aromatic N) is 1. The van der Waals surface area contributed by atoms with E-state index in [1.807, 2.05) is 0 Å². The summed E-state index contributed by atoms with van der Waals surface area (Å²) < 4.78 is 0. The molecule has 1 heterocycles. The maximum Gasteiger partial charge on any atom is 0.229 e. The lowest BCUT2D eigenvalue weighted by molar-refractivity contribution is -0.143. The van der Waals surface area contributed by atoms with E-state index in [1.54, 1.807) is 0 Å². The molecule has 0 unspecified atom stereocenters. The van der Waals surface area contributed by atoms with Crippen LogP contribution >= 0.6 is 11.8 Å². The van der Waals surface area contributed by atoms with Crippen LogP contribution in [0.4, 0.5) is 0 Å². The molecule has 150 valence electrons. The molecule has 0 aromatic heterocycles. The quantitative estimate of drug-likeness (QED) is 0.303. The van der Waals surface area contributed by atoms with E-state index < -0.39 is 0 Å². The molecule has 2 rings (SSSR count). The van der Waals surface area contributed by atoms with E-state index in [0.717, 1.165) is 30.9 Å². The summed E-state index contributed by atoms with van der Waals surface area (Å²) in [4.78, 5) is 25.4. The number of rotatable bonds is 12. The van der Waals surface area contributed by atoms with E-state index in [4.69, 9.17) is 0 Å². The lowest BCUT2D eigenvalue weighted by atomic mass is 10.0. The fourth-order valence-electron chi connectivity index (χ4n) is 4.13. The van der Waals surface area contributed by atoms with Crippen LogP contribution in [0.25, 0.3) is 0 Å². The first-order valence-electron chi connectivity index (χ1n) is 11.2. The van der Waals surface area contributed by atoms with Crippen molar-refractivity contribution in [2.45, 2.75) is 114 Å². The maximum atomic E-state index is 11.9. The first-order valence-corrected chi connectivity index (χ1v) is 12.3. The smallest absolute Gasteiger partial charge is 0.229 e. The van der Waals surface area contributed by atoms with Gasteiger partial charge in [-0.2, -0.15) is 11.8 Å². The molecule has 1 aliphatic carbocycles. The van der Waals surface area contributed by atoms with E-state index in [-0.39, 0.29) is 11.8 Å². The minimum absolute atomic E-state index is 0.0543. The molecule has 4 heteroatoms. The fourth-order valence-corrected chi connectivity index (χ4v) is 5.50. The molecule has 3 nitrogen and oxygen atoms in total. The van der Waals surface area contributed by atoms with Crippen LogP contribution in [0, 0.1) is 0 Å². The van der Waals surface area contributed by atoms with Gasteiger partial charge in [0.15, 0.2) is 0 Å². The van der Waals surface area contributed by atoms with Crippen LogP contribution in [0.1, 0.15) is 109 Å². The summed E-state index contributed by atoms with van der Waals surface area (Å²) in [6, 6.07) is 0. The second kappa shape index (κ2) is 13.6. The van der Waals surface area contributed by atoms with Gasteiger partial charge in [-0.05, 0) is 44.3 Å². The van der Waals surface area contributed by atoms with Gasteiger partial charge >= 0.3 is 0 Å². The fraction of sp³-hybridized carbons (Fsp3) is 0.909. The van der Waals surface area contributed by atoms with Gasteiger partial charge in [0.05, 0.1) is 0 Å². The highest BCUT2D eigenvalue weighted by atomic mass is 32.2. The van der Waals surface area contributed by atoms with Gasteiger partial charge in [-0.25, -0.2) is 0 Å². The first-order chi connectivity index (χ1) is 12.8. The zero-order chi connectivity index (χ0) is 18.5. The van der Waals surface area contributed by atoms with Crippen LogP contribution in [0.3, 0.4) is 0 Å². The number of carbonyl (C=O) groups excluding carboxylic acids is 2. The summed E-state index contributed by atoms with van der Waals surface area (Å²) in [5.41, 5.74) is 0. The summed E-state index contributed by atoms with van der Waals surface area (Å²) in [6.45, 7) is 0.649. The predicted molar refractivity (Wildman–Crippen MR) is 111 cm³/mol. The third-order valence-electron chi connectivity index (χ3n) is 5.82. The molecule has 0 aromatic rings.